The van der Waals surface area contributed by atoms with Crippen LogP contribution in [0.2, 0.25) is 5.02 Å². The predicted octanol–water partition coefficient (Wildman–Crippen LogP) is 3.51. The number of ether oxygens (including phenoxy) is 2. The topological polar surface area (TPSA) is 75.2 Å². The lowest BCUT2D eigenvalue weighted by Gasteiger charge is -2.20. The molecule has 1 aromatic heterocycles. The first-order valence-corrected chi connectivity index (χ1v) is 9.15. The SMILES string of the molecule is Nn1c(SCc2cc(Cl)c3c(c2)OCCO3)nnc1-c1ccc(F)cc1. The zero-order valence-corrected chi connectivity index (χ0v) is 15.1. The molecular formula is C17H14ClFN4O2S. The minimum Gasteiger partial charge on any atom is -0.486 e. The van der Waals surface area contributed by atoms with Crippen LogP contribution in [0, 0.1) is 5.82 Å². The van der Waals surface area contributed by atoms with E-state index >= 15 is 0 Å². The monoisotopic (exact) mass is 392 g/mol. The molecule has 0 saturated carbocycles. The van der Waals surface area contributed by atoms with Crippen LogP contribution in [-0.2, 0) is 5.75 Å². The van der Waals surface area contributed by atoms with Gasteiger partial charge < -0.3 is 15.3 Å². The number of nitrogen functional groups attached to an aromatic ring is 1. The quantitative estimate of drug-likeness (QED) is 0.541. The Kier molecular flexibility index (Phi) is 4.60. The molecule has 0 unspecified atom stereocenters. The van der Waals surface area contributed by atoms with Crippen molar-refractivity contribution in [1.82, 2.24) is 14.9 Å². The number of fused-ring (bicyclic) bond motifs is 1. The second kappa shape index (κ2) is 7.05. The van der Waals surface area contributed by atoms with Gasteiger partial charge in [-0.1, -0.05) is 23.4 Å². The molecule has 0 fully saturated rings. The van der Waals surface area contributed by atoms with Gasteiger partial charge in [0.1, 0.15) is 19.0 Å². The average molecular weight is 393 g/mol. The van der Waals surface area contributed by atoms with Crippen LogP contribution in [0.25, 0.3) is 11.4 Å². The number of nitrogens with zero attached hydrogens (tertiary/aromatic N) is 3. The molecule has 26 heavy (non-hydrogen) atoms. The lowest BCUT2D eigenvalue weighted by molar-refractivity contribution is 0.171. The summed E-state index contributed by atoms with van der Waals surface area (Å²) in [4.78, 5) is 0. The van der Waals surface area contributed by atoms with Crippen LogP contribution in [0.4, 0.5) is 4.39 Å². The summed E-state index contributed by atoms with van der Waals surface area (Å²) in [5.74, 6) is 8.03. The highest BCUT2D eigenvalue weighted by atomic mass is 35.5. The maximum Gasteiger partial charge on any atom is 0.210 e. The van der Waals surface area contributed by atoms with Crippen LogP contribution < -0.4 is 15.3 Å². The fourth-order valence-corrected chi connectivity index (χ4v) is 3.64. The number of hydrogen-bond acceptors (Lipinski definition) is 6. The molecule has 0 amide bonds. The third-order valence-corrected chi connectivity index (χ3v) is 5.09. The Morgan fingerprint density at radius 3 is 2.73 bits per heavy atom. The third kappa shape index (κ3) is 3.30. The smallest absolute Gasteiger partial charge is 0.210 e. The van der Waals surface area contributed by atoms with E-state index in [0.717, 1.165) is 5.56 Å². The summed E-state index contributed by atoms with van der Waals surface area (Å²) in [7, 11) is 0. The molecule has 6 nitrogen and oxygen atoms in total. The summed E-state index contributed by atoms with van der Waals surface area (Å²) in [5, 5.41) is 9.25. The second-order valence-corrected chi connectivity index (χ2v) is 6.92. The molecule has 2 heterocycles. The first kappa shape index (κ1) is 17.0. The molecule has 3 aromatic rings. The highest BCUT2D eigenvalue weighted by molar-refractivity contribution is 7.98. The normalized spacial score (nSPS) is 13.0. The van der Waals surface area contributed by atoms with Gasteiger partial charge in [0.2, 0.25) is 5.16 Å². The molecule has 2 N–H and O–H groups in total. The van der Waals surface area contributed by atoms with Crippen LogP contribution in [0.3, 0.4) is 0 Å². The van der Waals surface area contributed by atoms with E-state index in [1.807, 2.05) is 12.1 Å². The molecule has 2 aromatic carbocycles. The number of aromatic nitrogens is 3. The van der Waals surface area contributed by atoms with Crippen molar-refractivity contribution in [2.24, 2.45) is 0 Å². The number of rotatable bonds is 4. The van der Waals surface area contributed by atoms with Crippen molar-refractivity contribution in [2.45, 2.75) is 10.9 Å². The van der Waals surface area contributed by atoms with Crippen molar-refractivity contribution in [2.75, 3.05) is 19.1 Å². The maximum absolute atomic E-state index is 13.1. The van der Waals surface area contributed by atoms with Gasteiger partial charge in [0, 0.05) is 11.3 Å². The van der Waals surface area contributed by atoms with Gasteiger partial charge in [-0.25, -0.2) is 9.07 Å². The molecule has 0 spiro atoms. The van der Waals surface area contributed by atoms with Crippen LogP contribution in [0.15, 0.2) is 41.6 Å². The Labute approximate surface area is 158 Å². The van der Waals surface area contributed by atoms with E-state index in [9.17, 15) is 4.39 Å². The summed E-state index contributed by atoms with van der Waals surface area (Å²) < 4.78 is 25.5. The van der Waals surface area contributed by atoms with Crippen molar-refractivity contribution < 1.29 is 13.9 Å². The molecule has 9 heteroatoms. The maximum atomic E-state index is 13.1. The van der Waals surface area contributed by atoms with Gasteiger partial charge in [0.05, 0.1) is 5.02 Å². The largest absolute Gasteiger partial charge is 0.486 e. The van der Waals surface area contributed by atoms with Crippen molar-refractivity contribution in [3.63, 3.8) is 0 Å². The molecule has 0 atom stereocenters. The lowest BCUT2D eigenvalue weighted by atomic mass is 10.2. The molecule has 1 aliphatic rings. The standard InChI is InChI=1S/C17H14ClFN4O2S/c18-13-7-10(8-14-15(13)25-6-5-24-14)9-26-17-22-21-16(23(17)20)11-1-3-12(19)4-2-11/h1-4,7-8H,5-6,9,20H2. The number of thioether (sulfide) groups is 1. The van der Waals surface area contributed by atoms with E-state index in [1.165, 1.54) is 28.6 Å². The van der Waals surface area contributed by atoms with E-state index in [1.54, 1.807) is 12.1 Å². The Hall–Kier alpha value is -2.45. The minimum absolute atomic E-state index is 0.318. The molecule has 0 aliphatic carbocycles. The highest BCUT2D eigenvalue weighted by Gasteiger charge is 2.18. The van der Waals surface area contributed by atoms with Gasteiger partial charge >= 0.3 is 0 Å². The zero-order chi connectivity index (χ0) is 18.1. The van der Waals surface area contributed by atoms with Crippen molar-refractivity contribution in [3.8, 4) is 22.9 Å². The fourth-order valence-electron chi connectivity index (χ4n) is 2.57. The summed E-state index contributed by atoms with van der Waals surface area (Å²) in [6.45, 7) is 0.987. The molecule has 1 aliphatic heterocycles. The summed E-state index contributed by atoms with van der Waals surface area (Å²) >= 11 is 7.67. The Morgan fingerprint density at radius 1 is 1.15 bits per heavy atom. The molecule has 134 valence electrons. The lowest BCUT2D eigenvalue weighted by Crippen LogP contribution is -2.15. The number of hydrogen-bond donors (Lipinski definition) is 1. The van der Waals surface area contributed by atoms with Crippen LogP contribution in [-0.4, -0.2) is 28.1 Å². The average Bonchev–Trinajstić information content (AvgIpc) is 3.01. The number of benzene rings is 2. The minimum atomic E-state index is -0.318. The van der Waals surface area contributed by atoms with Crippen LogP contribution in [0.5, 0.6) is 11.5 Å². The molecule has 0 saturated heterocycles. The van der Waals surface area contributed by atoms with Crippen molar-refractivity contribution in [3.05, 3.63) is 52.8 Å². The first-order chi connectivity index (χ1) is 12.6. The van der Waals surface area contributed by atoms with Gasteiger partial charge in [0.15, 0.2) is 17.3 Å². The molecule has 0 bridgehead atoms. The second-order valence-electron chi connectivity index (χ2n) is 5.57. The van der Waals surface area contributed by atoms with Crippen molar-refractivity contribution in [1.29, 1.82) is 0 Å². The first-order valence-electron chi connectivity index (χ1n) is 7.79. The van der Waals surface area contributed by atoms with Gasteiger partial charge in [-0.15, -0.1) is 10.2 Å². The van der Waals surface area contributed by atoms with Gasteiger partial charge in [-0.2, -0.15) is 0 Å². The van der Waals surface area contributed by atoms with Crippen LogP contribution in [0.1, 0.15) is 5.56 Å². The zero-order valence-electron chi connectivity index (χ0n) is 13.5. The molecule has 0 radical (unpaired) electrons. The van der Waals surface area contributed by atoms with Gasteiger partial charge in [0.25, 0.3) is 0 Å². The predicted molar refractivity (Wildman–Crippen MR) is 97.6 cm³/mol. The van der Waals surface area contributed by atoms with E-state index in [0.29, 0.717) is 52.0 Å². The Morgan fingerprint density at radius 2 is 1.92 bits per heavy atom. The number of nitrogens with two attached hydrogens (primary N) is 1. The Balaban J connectivity index is 1.52. The van der Waals surface area contributed by atoms with E-state index in [4.69, 9.17) is 26.9 Å². The van der Waals surface area contributed by atoms with Gasteiger partial charge in [-0.3, -0.25) is 0 Å². The van der Waals surface area contributed by atoms with Crippen LogP contribution >= 0.6 is 23.4 Å². The fraction of sp³-hybridized carbons (Fsp3) is 0.176. The molecular weight excluding hydrogens is 379 g/mol. The summed E-state index contributed by atoms with van der Waals surface area (Å²) in [6, 6.07) is 9.66. The summed E-state index contributed by atoms with van der Waals surface area (Å²) in [6.07, 6.45) is 0. The third-order valence-electron chi connectivity index (χ3n) is 3.79. The van der Waals surface area contributed by atoms with Crippen molar-refractivity contribution >= 4 is 23.4 Å². The Bertz CT molecular complexity index is 949. The van der Waals surface area contributed by atoms with Gasteiger partial charge in [-0.05, 0) is 42.0 Å². The van der Waals surface area contributed by atoms with E-state index < -0.39 is 0 Å². The molecule has 4 rings (SSSR count). The highest BCUT2D eigenvalue weighted by Crippen LogP contribution is 2.39. The number of halogens is 2. The van der Waals surface area contributed by atoms with E-state index in [-0.39, 0.29) is 5.82 Å². The van der Waals surface area contributed by atoms with E-state index in [2.05, 4.69) is 10.2 Å². The summed E-state index contributed by atoms with van der Waals surface area (Å²) in [5.41, 5.74) is 1.64.